The van der Waals surface area contributed by atoms with Gasteiger partial charge in [-0.2, -0.15) is 0 Å². The molecule has 1 aliphatic rings. The van der Waals surface area contributed by atoms with Crippen molar-refractivity contribution in [3.63, 3.8) is 0 Å². The number of nitrogen functional groups attached to an aromatic ring is 1. The van der Waals surface area contributed by atoms with E-state index < -0.39 is 4.92 Å². The summed E-state index contributed by atoms with van der Waals surface area (Å²) >= 11 is 0. The van der Waals surface area contributed by atoms with E-state index in [1.165, 1.54) is 12.1 Å². The molecule has 1 amide bonds. The third-order valence-corrected chi connectivity index (χ3v) is 3.23. The molecular formula is C12H16N4O3. The Labute approximate surface area is 110 Å². The fourth-order valence-electron chi connectivity index (χ4n) is 2.19. The van der Waals surface area contributed by atoms with Gasteiger partial charge in [-0.05, 0) is 6.07 Å². The van der Waals surface area contributed by atoms with E-state index in [0.717, 1.165) is 5.69 Å². The first-order valence-electron chi connectivity index (χ1n) is 6.03. The summed E-state index contributed by atoms with van der Waals surface area (Å²) in [6, 6.07) is 4.57. The average molecular weight is 264 g/mol. The van der Waals surface area contributed by atoms with Crippen molar-refractivity contribution in [2.24, 2.45) is 0 Å². The SMILES string of the molecule is CC(=O)N1CCN(c2cc(N)cc([N+](=O)[O-])c2)CC1. The van der Waals surface area contributed by atoms with Gasteiger partial charge in [0.2, 0.25) is 5.91 Å². The molecule has 0 aromatic heterocycles. The summed E-state index contributed by atoms with van der Waals surface area (Å²) in [7, 11) is 0. The minimum absolute atomic E-state index is 0.0102. The zero-order chi connectivity index (χ0) is 14.0. The number of carbonyl (C=O) groups is 1. The Bertz CT molecular complexity index is 510. The first kappa shape index (κ1) is 13.1. The average Bonchev–Trinajstić information content (AvgIpc) is 2.38. The Hall–Kier alpha value is -2.31. The number of hydrogen-bond acceptors (Lipinski definition) is 5. The molecule has 0 atom stereocenters. The summed E-state index contributed by atoms with van der Waals surface area (Å²) in [5.74, 6) is 0.0539. The molecule has 2 N–H and O–H groups in total. The Morgan fingerprint density at radius 2 is 1.89 bits per heavy atom. The zero-order valence-corrected chi connectivity index (χ0v) is 10.7. The molecule has 2 rings (SSSR count). The Morgan fingerprint density at radius 1 is 1.26 bits per heavy atom. The third kappa shape index (κ3) is 2.93. The van der Waals surface area contributed by atoms with Crippen molar-refractivity contribution < 1.29 is 9.72 Å². The normalized spacial score (nSPS) is 15.4. The molecule has 7 nitrogen and oxygen atoms in total. The Balaban J connectivity index is 2.15. The summed E-state index contributed by atoms with van der Waals surface area (Å²) in [5.41, 5.74) is 6.78. The van der Waals surface area contributed by atoms with Gasteiger partial charge in [-0.15, -0.1) is 0 Å². The van der Waals surface area contributed by atoms with Gasteiger partial charge < -0.3 is 15.5 Å². The number of piperazine rings is 1. The number of nitro benzene ring substituents is 1. The number of benzene rings is 1. The highest BCUT2D eigenvalue weighted by Crippen LogP contribution is 2.26. The molecule has 0 aliphatic carbocycles. The summed E-state index contributed by atoms with van der Waals surface area (Å²) < 4.78 is 0. The lowest BCUT2D eigenvalue weighted by molar-refractivity contribution is -0.384. The minimum Gasteiger partial charge on any atom is -0.398 e. The zero-order valence-electron chi connectivity index (χ0n) is 10.7. The number of carbonyl (C=O) groups excluding carboxylic acids is 1. The van der Waals surface area contributed by atoms with Crippen LogP contribution in [0.1, 0.15) is 6.92 Å². The van der Waals surface area contributed by atoms with Gasteiger partial charge in [0.05, 0.1) is 4.92 Å². The highest BCUT2D eigenvalue weighted by Gasteiger charge is 2.20. The van der Waals surface area contributed by atoms with Crippen LogP contribution < -0.4 is 10.6 Å². The maximum Gasteiger partial charge on any atom is 0.273 e. The molecule has 1 fully saturated rings. The van der Waals surface area contributed by atoms with Crippen molar-refractivity contribution >= 4 is 23.0 Å². The lowest BCUT2D eigenvalue weighted by Gasteiger charge is -2.35. The lowest BCUT2D eigenvalue weighted by atomic mass is 10.2. The van der Waals surface area contributed by atoms with Gasteiger partial charge in [-0.1, -0.05) is 0 Å². The van der Waals surface area contributed by atoms with E-state index in [0.29, 0.717) is 31.9 Å². The van der Waals surface area contributed by atoms with E-state index >= 15 is 0 Å². The highest BCUT2D eigenvalue weighted by atomic mass is 16.6. The van der Waals surface area contributed by atoms with Crippen LogP contribution in [0.3, 0.4) is 0 Å². The van der Waals surface area contributed by atoms with Crippen molar-refractivity contribution in [2.45, 2.75) is 6.92 Å². The molecule has 102 valence electrons. The number of nitrogens with zero attached hydrogens (tertiary/aromatic N) is 3. The van der Waals surface area contributed by atoms with Crippen LogP contribution in [0.25, 0.3) is 0 Å². The van der Waals surface area contributed by atoms with E-state index in [9.17, 15) is 14.9 Å². The maximum atomic E-state index is 11.2. The molecule has 19 heavy (non-hydrogen) atoms. The van der Waals surface area contributed by atoms with Gasteiger partial charge in [0.1, 0.15) is 0 Å². The van der Waals surface area contributed by atoms with E-state index in [1.54, 1.807) is 17.9 Å². The van der Waals surface area contributed by atoms with Crippen LogP contribution in [0.4, 0.5) is 17.1 Å². The van der Waals surface area contributed by atoms with Crippen molar-refractivity contribution in [3.05, 3.63) is 28.3 Å². The van der Waals surface area contributed by atoms with Crippen molar-refractivity contribution in [1.82, 2.24) is 4.90 Å². The fraction of sp³-hybridized carbons (Fsp3) is 0.417. The van der Waals surface area contributed by atoms with Gasteiger partial charge >= 0.3 is 0 Å². The number of non-ortho nitro benzene ring substituents is 1. The summed E-state index contributed by atoms with van der Waals surface area (Å²) in [4.78, 5) is 25.4. The van der Waals surface area contributed by atoms with Crippen LogP contribution >= 0.6 is 0 Å². The second kappa shape index (κ2) is 5.13. The number of hydrogen-bond donors (Lipinski definition) is 1. The maximum absolute atomic E-state index is 11.2. The first-order chi connectivity index (χ1) is 8.97. The fourth-order valence-corrected chi connectivity index (χ4v) is 2.19. The molecule has 0 unspecified atom stereocenters. The predicted molar refractivity (Wildman–Crippen MR) is 72.0 cm³/mol. The van der Waals surface area contributed by atoms with Crippen molar-refractivity contribution in [3.8, 4) is 0 Å². The van der Waals surface area contributed by atoms with Crippen LogP contribution in [0, 0.1) is 10.1 Å². The molecule has 1 heterocycles. The number of nitro groups is 1. The van der Waals surface area contributed by atoms with Gasteiger partial charge in [-0.3, -0.25) is 14.9 Å². The largest absolute Gasteiger partial charge is 0.398 e. The highest BCUT2D eigenvalue weighted by molar-refractivity contribution is 5.73. The van der Waals surface area contributed by atoms with Crippen LogP contribution in [-0.4, -0.2) is 41.9 Å². The van der Waals surface area contributed by atoms with Crippen molar-refractivity contribution in [2.75, 3.05) is 36.8 Å². The van der Waals surface area contributed by atoms with Crippen molar-refractivity contribution in [1.29, 1.82) is 0 Å². The minimum atomic E-state index is -0.453. The second-order valence-corrected chi connectivity index (χ2v) is 4.53. The standard InChI is InChI=1S/C12H16N4O3/c1-9(17)14-2-4-15(5-3-14)11-6-10(13)7-12(8-11)16(18)19/h6-8H,2-5,13H2,1H3. The number of anilines is 2. The molecule has 1 aromatic rings. The number of rotatable bonds is 2. The Kier molecular flexibility index (Phi) is 3.55. The van der Waals surface area contributed by atoms with E-state index in [-0.39, 0.29) is 11.6 Å². The topological polar surface area (TPSA) is 92.7 Å². The van der Waals surface area contributed by atoms with E-state index in [2.05, 4.69) is 0 Å². The molecule has 1 aromatic carbocycles. The Morgan fingerprint density at radius 3 is 2.42 bits per heavy atom. The van der Waals surface area contributed by atoms with E-state index in [1.807, 2.05) is 4.90 Å². The molecule has 0 spiro atoms. The van der Waals surface area contributed by atoms with Crippen LogP contribution in [0.15, 0.2) is 18.2 Å². The monoisotopic (exact) mass is 264 g/mol. The molecule has 0 saturated carbocycles. The van der Waals surface area contributed by atoms with Gasteiger partial charge in [-0.25, -0.2) is 0 Å². The number of amides is 1. The predicted octanol–water partition coefficient (Wildman–Crippen LogP) is 0.846. The molecule has 1 saturated heterocycles. The summed E-state index contributed by atoms with van der Waals surface area (Å²) in [6.07, 6.45) is 0. The molecule has 7 heteroatoms. The first-order valence-corrected chi connectivity index (χ1v) is 6.03. The van der Waals surface area contributed by atoms with Gasteiger partial charge in [0.15, 0.2) is 0 Å². The van der Waals surface area contributed by atoms with Crippen LogP contribution in [-0.2, 0) is 4.79 Å². The van der Waals surface area contributed by atoms with Crippen LogP contribution in [0.5, 0.6) is 0 Å². The molecule has 0 radical (unpaired) electrons. The van der Waals surface area contributed by atoms with Gasteiger partial charge in [0, 0.05) is 56.6 Å². The second-order valence-electron chi connectivity index (χ2n) is 4.53. The molecule has 1 aliphatic heterocycles. The third-order valence-electron chi connectivity index (χ3n) is 3.23. The lowest BCUT2D eigenvalue weighted by Crippen LogP contribution is -2.48. The quantitative estimate of drug-likeness (QED) is 0.485. The smallest absolute Gasteiger partial charge is 0.273 e. The van der Waals surface area contributed by atoms with E-state index in [4.69, 9.17) is 5.73 Å². The molecule has 0 bridgehead atoms. The summed E-state index contributed by atoms with van der Waals surface area (Å²) in [5, 5.41) is 10.8. The molecular weight excluding hydrogens is 248 g/mol. The number of nitrogens with two attached hydrogens (primary N) is 1. The van der Waals surface area contributed by atoms with Crippen LogP contribution in [0.2, 0.25) is 0 Å². The van der Waals surface area contributed by atoms with Gasteiger partial charge in [0.25, 0.3) is 5.69 Å². The summed E-state index contributed by atoms with van der Waals surface area (Å²) in [6.45, 7) is 4.09.